The van der Waals surface area contributed by atoms with Crippen LogP contribution in [0.1, 0.15) is 22.8 Å². The summed E-state index contributed by atoms with van der Waals surface area (Å²) in [5, 5.41) is 2.79. The van der Waals surface area contributed by atoms with Crippen molar-refractivity contribution in [3.05, 3.63) is 59.7 Å². The second-order valence-electron chi connectivity index (χ2n) is 6.01. The van der Waals surface area contributed by atoms with Crippen LogP contribution in [0, 0.1) is 0 Å². The molecule has 0 bridgehead atoms. The normalized spacial score (nSPS) is 15.6. The second kappa shape index (κ2) is 7.99. The van der Waals surface area contributed by atoms with E-state index in [0.717, 1.165) is 0 Å². The Morgan fingerprint density at radius 2 is 1.81 bits per heavy atom. The SMILES string of the molecule is CCc1ccc(C(=O)Nc2ccccc2)cc1S(=O)(=O)N1CCOCC1. The van der Waals surface area contributed by atoms with Crippen LogP contribution in [-0.2, 0) is 21.2 Å². The molecule has 138 valence electrons. The largest absolute Gasteiger partial charge is 0.379 e. The molecule has 6 nitrogen and oxygen atoms in total. The first-order valence-corrected chi connectivity index (χ1v) is 10.0. The minimum atomic E-state index is -3.66. The Hall–Kier alpha value is -2.22. The number of morpholine rings is 1. The Morgan fingerprint density at radius 3 is 2.46 bits per heavy atom. The molecule has 2 aromatic rings. The van der Waals surface area contributed by atoms with Crippen LogP contribution in [0.3, 0.4) is 0 Å². The lowest BCUT2D eigenvalue weighted by atomic mass is 10.1. The van der Waals surface area contributed by atoms with Gasteiger partial charge >= 0.3 is 0 Å². The number of hydrogen-bond donors (Lipinski definition) is 1. The number of hydrogen-bond acceptors (Lipinski definition) is 4. The zero-order valence-corrected chi connectivity index (χ0v) is 15.5. The number of carbonyl (C=O) groups is 1. The van der Waals surface area contributed by atoms with Crippen LogP contribution in [0.25, 0.3) is 0 Å². The molecule has 0 aliphatic carbocycles. The number of benzene rings is 2. The molecule has 0 saturated carbocycles. The van der Waals surface area contributed by atoms with E-state index in [2.05, 4.69) is 5.32 Å². The summed E-state index contributed by atoms with van der Waals surface area (Å²) in [6, 6.07) is 13.9. The number of amides is 1. The molecule has 0 atom stereocenters. The zero-order valence-electron chi connectivity index (χ0n) is 14.6. The van der Waals surface area contributed by atoms with E-state index in [-0.39, 0.29) is 10.8 Å². The molecule has 1 saturated heterocycles. The van der Waals surface area contributed by atoms with E-state index >= 15 is 0 Å². The smallest absolute Gasteiger partial charge is 0.255 e. The van der Waals surface area contributed by atoms with Gasteiger partial charge in [0.1, 0.15) is 0 Å². The number of nitrogens with zero attached hydrogens (tertiary/aromatic N) is 1. The van der Waals surface area contributed by atoms with Gasteiger partial charge in [-0.15, -0.1) is 0 Å². The Balaban J connectivity index is 1.92. The topological polar surface area (TPSA) is 75.7 Å². The maximum Gasteiger partial charge on any atom is 0.255 e. The van der Waals surface area contributed by atoms with Crippen molar-refractivity contribution >= 4 is 21.6 Å². The average molecular weight is 374 g/mol. The van der Waals surface area contributed by atoms with Crippen molar-refractivity contribution in [2.75, 3.05) is 31.6 Å². The van der Waals surface area contributed by atoms with E-state index in [9.17, 15) is 13.2 Å². The van der Waals surface area contributed by atoms with E-state index < -0.39 is 10.0 Å². The van der Waals surface area contributed by atoms with E-state index in [0.29, 0.717) is 49.5 Å². The lowest BCUT2D eigenvalue weighted by molar-refractivity contribution is 0.0730. The summed E-state index contributed by atoms with van der Waals surface area (Å²) in [5.74, 6) is -0.336. The molecule has 1 amide bonds. The molecule has 0 spiro atoms. The van der Waals surface area contributed by atoms with E-state index in [1.54, 1.807) is 24.3 Å². The van der Waals surface area contributed by atoms with Gasteiger partial charge in [-0.1, -0.05) is 31.2 Å². The Kier molecular flexibility index (Phi) is 5.70. The highest BCUT2D eigenvalue weighted by molar-refractivity contribution is 7.89. The third-order valence-electron chi connectivity index (χ3n) is 4.33. The van der Waals surface area contributed by atoms with Crippen LogP contribution in [0.5, 0.6) is 0 Å². The predicted molar refractivity (Wildman–Crippen MR) is 99.8 cm³/mol. The van der Waals surface area contributed by atoms with Crippen LogP contribution in [-0.4, -0.2) is 44.9 Å². The molecule has 1 aliphatic rings. The number of anilines is 1. The highest BCUT2D eigenvalue weighted by Crippen LogP contribution is 2.24. The number of carbonyl (C=O) groups excluding carboxylic acids is 1. The molecule has 1 N–H and O–H groups in total. The summed E-state index contributed by atoms with van der Waals surface area (Å²) >= 11 is 0. The van der Waals surface area contributed by atoms with Gasteiger partial charge in [0, 0.05) is 24.3 Å². The van der Waals surface area contributed by atoms with Crippen molar-refractivity contribution in [3.63, 3.8) is 0 Å². The third kappa shape index (κ3) is 3.95. The lowest BCUT2D eigenvalue weighted by Gasteiger charge is -2.27. The molecule has 0 unspecified atom stereocenters. The molecule has 1 heterocycles. The summed E-state index contributed by atoms with van der Waals surface area (Å²) < 4.78 is 32.7. The first-order chi connectivity index (χ1) is 12.5. The van der Waals surface area contributed by atoms with Gasteiger partial charge in [0.2, 0.25) is 10.0 Å². The number of rotatable bonds is 5. The summed E-state index contributed by atoms with van der Waals surface area (Å²) in [6.45, 7) is 3.32. The zero-order chi connectivity index (χ0) is 18.6. The molecular formula is C19H22N2O4S. The molecule has 1 aliphatic heterocycles. The van der Waals surface area contributed by atoms with Gasteiger partial charge in [-0.3, -0.25) is 4.79 Å². The van der Waals surface area contributed by atoms with Gasteiger partial charge in [-0.05, 0) is 36.2 Å². The number of para-hydroxylation sites is 1. The number of ether oxygens (including phenoxy) is 1. The van der Waals surface area contributed by atoms with Gasteiger partial charge in [0.15, 0.2) is 0 Å². The van der Waals surface area contributed by atoms with E-state index in [1.807, 2.05) is 25.1 Å². The second-order valence-corrected chi connectivity index (χ2v) is 7.92. The molecular weight excluding hydrogens is 352 g/mol. The Labute approximate surface area is 153 Å². The minimum absolute atomic E-state index is 0.197. The Bertz CT molecular complexity index is 876. The first kappa shape index (κ1) is 18.6. The van der Waals surface area contributed by atoms with Crippen molar-refractivity contribution in [1.29, 1.82) is 0 Å². The predicted octanol–water partition coefficient (Wildman–Crippen LogP) is 2.52. The maximum absolute atomic E-state index is 13.0. The summed E-state index contributed by atoms with van der Waals surface area (Å²) in [7, 11) is -3.66. The molecule has 26 heavy (non-hydrogen) atoms. The molecule has 0 aromatic heterocycles. The lowest BCUT2D eigenvalue weighted by Crippen LogP contribution is -2.41. The standard InChI is InChI=1S/C19H22N2O4S/c1-2-15-8-9-16(19(22)20-17-6-4-3-5-7-17)14-18(15)26(23,24)21-10-12-25-13-11-21/h3-9,14H,2,10-13H2,1H3,(H,20,22). The molecule has 7 heteroatoms. The van der Waals surface area contributed by atoms with Crippen molar-refractivity contribution in [2.24, 2.45) is 0 Å². The van der Waals surface area contributed by atoms with Gasteiger partial charge in [0.25, 0.3) is 5.91 Å². The van der Waals surface area contributed by atoms with Crippen LogP contribution in [0.2, 0.25) is 0 Å². The first-order valence-electron chi connectivity index (χ1n) is 8.59. The third-order valence-corrected chi connectivity index (χ3v) is 6.31. The van der Waals surface area contributed by atoms with Gasteiger partial charge in [0.05, 0.1) is 18.1 Å². The van der Waals surface area contributed by atoms with Crippen LogP contribution < -0.4 is 5.32 Å². The summed E-state index contributed by atoms with van der Waals surface area (Å²) in [6.07, 6.45) is 0.569. The molecule has 0 radical (unpaired) electrons. The summed E-state index contributed by atoms with van der Waals surface area (Å²) in [4.78, 5) is 12.7. The van der Waals surface area contributed by atoms with Crippen molar-refractivity contribution in [3.8, 4) is 0 Å². The number of aryl methyl sites for hydroxylation is 1. The van der Waals surface area contributed by atoms with Gasteiger partial charge in [-0.2, -0.15) is 4.31 Å². The highest BCUT2D eigenvalue weighted by atomic mass is 32.2. The van der Waals surface area contributed by atoms with Crippen molar-refractivity contribution in [2.45, 2.75) is 18.2 Å². The summed E-state index contributed by atoms with van der Waals surface area (Å²) in [5.41, 5.74) is 1.68. The Morgan fingerprint density at radius 1 is 1.12 bits per heavy atom. The fourth-order valence-corrected chi connectivity index (χ4v) is 4.61. The van der Waals surface area contributed by atoms with Crippen LogP contribution in [0.15, 0.2) is 53.4 Å². The monoisotopic (exact) mass is 374 g/mol. The number of nitrogens with one attached hydrogen (secondary N) is 1. The fraction of sp³-hybridized carbons (Fsp3) is 0.316. The quantitative estimate of drug-likeness (QED) is 0.873. The fourth-order valence-electron chi connectivity index (χ4n) is 2.88. The molecule has 2 aromatic carbocycles. The van der Waals surface area contributed by atoms with E-state index in [1.165, 1.54) is 10.4 Å². The van der Waals surface area contributed by atoms with Crippen LogP contribution in [0.4, 0.5) is 5.69 Å². The number of sulfonamides is 1. The van der Waals surface area contributed by atoms with Crippen molar-refractivity contribution < 1.29 is 17.9 Å². The van der Waals surface area contributed by atoms with Gasteiger partial charge < -0.3 is 10.1 Å². The molecule has 1 fully saturated rings. The average Bonchev–Trinajstić information content (AvgIpc) is 2.69. The minimum Gasteiger partial charge on any atom is -0.379 e. The highest BCUT2D eigenvalue weighted by Gasteiger charge is 2.29. The van der Waals surface area contributed by atoms with E-state index in [4.69, 9.17) is 4.74 Å². The van der Waals surface area contributed by atoms with Gasteiger partial charge in [-0.25, -0.2) is 8.42 Å². The maximum atomic E-state index is 13.0. The van der Waals surface area contributed by atoms with Crippen molar-refractivity contribution in [1.82, 2.24) is 4.31 Å². The molecule has 3 rings (SSSR count). The van der Waals surface area contributed by atoms with Crippen LogP contribution >= 0.6 is 0 Å².